The Morgan fingerprint density at radius 1 is 1.14 bits per heavy atom. The monoisotopic (exact) mass is 405 g/mol. The highest BCUT2D eigenvalue weighted by Crippen LogP contribution is 2.39. The molecule has 1 fully saturated rings. The number of halogens is 3. The largest absolute Gasteiger partial charge is 0.416 e. The molecule has 0 bridgehead atoms. The number of anilines is 2. The number of aromatic nitrogens is 2. The number of likely N-dealkylation sites (N-methyl/N-ethyl adjacent to an activating group) is 1. The number of aryl methyl sites for hydroxylation is 1. The van der Waals surface area contributed by atoms with Gasteiger partial charge in [-0.25, -0.2) is 4.99 Å². The molecule has 2 aromatic rings. The maximum atomic E-state index is 13.1. The van der Waals surface area contributed by atoms with Crippen LogP contribution in [0.3, 0.4) is 0 Å². The van der Waals surface area contributed by atoms with Gasteiger partial charge in [-0.2, -0.15) is 23.5 Å². The number of fused-ring (bicyclic) bond motifs is 2. The first-order chi connectivity index (χ1) is 13.7. The van der Waals surface area contributed by atoms with Gasteiger partial charge in [-0.3, -0.25) is 4.68 Å². The summed E-state index contributed by atoms with van der Waals surface area (Å²) in [5.74, 6) is 1.26. The summed E-state index contributed by atoms with van der Waals surface area (Å²) in [5.41, 5.74) is 0.873. The predicted molar refractivity (Wildman–Crippen MR) is 104 cm³/mol. The van der Waals surface area contributed by atoms with E-state index in [2.05, 4.69) is 25.2 Å². The molecule has 1 aromatic heterocycles. The molecule has 0 unspecified atom stereocenters. The number of piperazine rings is 1. The van der Waals surface area contributed by atoms with Gasteiger partial charge in [-0.05, 0) is 25.2 Å². The second kappa shape index (κ2) is 8.13. The Labute approximate surface area is 167 Å². The Morgan fingerprint density at radius 3 is 2.41 bits per heavy atom. The summed E-state index contributed by atoms with van der Waals surface area (Å²) in [6.45, 7) is 4.70. The van der Waals surface area contributed by atoms with Gasteiger partial charge < -0.3 is 15.1 Å². The van der Waals surface area contributed by atoms with Gasteiger partial charge in [0.05, 0.1) is 28.6 Å². The molecule has 0 atom stereocenters. The summed E-state index contributed by atoms with van der Waals surface area (Å²) >= 11 is 0. The lowest BCUT2D eigenvalue weighted by Crippen LogP contribution is -2.47. The summed E-state index contributed by atoms with van der Waals surface area (Å²) in [6.07, 6.45) is -2.56. The van der Waals surface area contributed by atoms with Gasteiger partial charge in [-0.15, -0.1) is 0 Å². The summed E-state index contributed by atoms with van der Waals surface area (Å²) in [6, 6.07) is 5.31. The Balaban J connectivity index is 0.000000755. The number of hydrogen-bond donors (Lipinski definition) is 1. The molecule has 0 radical (unpaired) electrons. The summed E-state index contributed by atoms with van der Waals surface area (Å²) in [7, 11) is 3.86. The van der Waals surface area contributed by atoms with Crippen molar-refractivity contribution in [3.63, 3.8) is 0 Å². The lowest BCUT2D eigenvalue weighted by Gasteiger charge is -2.34. The molecule has 2 aliphatic rings. The second-order valence-corrected chi connectivity index (χ2v) is 6.87. The standard InChI is InChI=1S/C17H19F3N6.C2H3N/c1-24-5-7-26(8-6-24)16-12-10-25(2)23-15(12)21-13-4-3-11(17(18,19)20)9-14(13)22-16;1-2-3/h3-4,9-10H,5-8H2,1-2H3,(H,21,23);1H3. The number of nitrogens with zero attached hydrogens (tertiary/aromatic N) is 6. The van der Waals surface area contributed by atoms with Crippen LogP contribution in [0.1, 0.15) is 18.1 Å². The van der Waals surface area contributed by atoms with Crippen molar-refractivity contribution in [3.05, 3.63) is 35.5 Å². The van der Waals surface area contributed by atoms with Crippen LogP contribution < -0.4 is 5.32 Å². The SMILES string of the molecule is CC#N.CN1CCN(C2=Nc3cc(C(F)(F)F)ccc3Nc3nn(C)cc32)CC1. The number of aliphatic imine (C=N–C) groups is 1. The van der Waals surface area contributed by atoms with Crippen molar-refractivity contribution in [2.24, 2.45) is 12.0 Å². The van der Waals surface area contributed by atoms with E-state index in [1.807, 2.05) is 20.3 Å². The van der Waals surface area contributed by atoms with E-state index in [1.54, 1.807) is 10.8 Å². The maximum Gasteiger partial charge on any atom is 0.416 e. The van der Waals surface area contributed by atoms with Crippen molar-refractivity contribution in [2.45, 2.75) is 13.1 Å². The molecule has 29 heavy (non-hydrogen) atoms. The number of rotatable bonds is 0. The van der Waals surface area contributed by atoms with Crippen LogP contribution >= 0.6 is 0 Å². The zero-order valence-electron chi connectivity index (χ0n) is 16.5. The van der Waals surface area contributed by atoms with Gasteiger partial charge in [0.25, 0.3) is 0 Å². The molecule has 10 heteroatoms. The molecular formula is C19H22F3N7. The molecule has 2 aliphatic heterocycles. The van der Waals surface area contributed by atoms with Crippen molar-refractivity contribution < 1.29 is 13.2 Å². The normalized spacial score (nSPS) is 16.3. The fourth-order valence-electron chi connectivity index (χ4n) is 3.21. The number of nitrogens with one attached hydrogen (secondary N) is 1. The quantitative estimate of drug-likeness (QED) is 0.728. The van der Waals surface area contributed by atoms with E-state index >= 15 is 0 Å². The van der Waals surface area contributed by atoms with Gasteiger partial charge in [-0.1, -0.05) is 0 Å². The first-order valence-electron chi connectivity index (χ1n) is 9.08. The predicted octanol–water partition coefficient (Wildman–Crippen LogP) is 3.35. The van der Waals surface area contributed by atoms with Crippen molar-refractivity contribution in [3.8, 4) is 6.07 Å². The molecule has 0 saturated carbocycles. The van der Waals surface area contributed by atoms with Crippen LogP contribution in [-0.4, -0.2) is 58.6 Å². The van der Waals surface area contributed by atoms with E-state index in [0.717, 1.165) is 43.9 Å². The van der Waals surface area contributed by atoms with Crippen molar-refractivity contribution in [1.29, 1.82) is 5.26 Å². The minimum absolute atomic E-state index is 0.273. The molecular weight excluding hydrogens is 383 g/mol. The van der Waals surface area contributed by atoms with Crippen LogP contribution in [0.4, 0.5) is 30.4 Å². The van der Waals surface area contributed by atoms with Crippen LogP contribution in [0.15, 0.2) is 29.4 Å². The maximum absolute atomic E-state index is 13.1. The number of nitriles is 1. The van der Waals surface area contributed by atoms with Gasteiger partial charge >= 0.3 is 6.18 Å². The highest BCUT2D eigenvalue weighted by atomic mass is 19.4. The third-order valence-electron chi connectivity index (χ3n) is 4.68. The average Bonchev–Trinajstić information content (AvgIpc) is 2.94. The van der Waals surface area contributed by atoms with Crippen molar-refractivity contribution in [2.75, 3.05) is 38.5 Å². The van der Waals surface area contributed by atoms with E-state index in [-0.39, 0.29) is 5.69 Å². The third kappa shape index (κ3) is 4.51. The zero-order valence-corrected chi connectivity index (χ0v) is 16.5. The molecule has 0 amide bonds. The minimum atomic E-state index is -4.41. The zero-order chi connectivity index (χ0) is 21.2. The van der Waals surface area contributed by atoms with Crippen molar-refractivity contribution >= 4 is 23.0 Å². The molecule has 0 aliphatic carbocycles. The van der Waals surface area contributed by atoms with E-state index in [4.69, 9.17) is 5.26 Å². The molecule has 1 saturated heterocycles. The Kier molecular flexibility index (Phi) is 5.79. The fraction of sp³-hybridized carbons (Fsp3) is 0.421. The van der Waals surface area contributed by atoms with Crippen LogP contribution in [-0.2, 0) is 13.2 Å². The number of amidine groups is 1. The van der Waals surface area contributed by atoms with E-state index in [9.17, 15) is 13.2 Å². The van der Waals surface area contributed by atoms with Crippen LogP contribution in [0.25, 0.3) is 0 Å². The van der Waals surface area contributed by atoms with Gasteiger partial charge in [0.1, 0.15) is 5.84 Å². The van der Waals surface area contributed by atoms with Crippen molar-refractivity contribution in [1.82, 2.24) is 19.6 Å². The first-order valence-corrected chi connectivity index (χ1v) is 9.08. The summed E-state index contributed by atoms with van der Waals surface area (Å²) in [4.78, 5) is 8.95. The molecule has 1 aromatic carbocycles. The smallest absolute Gasteiger partial charge is 0.353 e. The Morgan fingerprint density at radius 2 is 1.79 bits per heavy atom. The molecule has 0 spiro atoms. The minimum Gasteiger partial charge on any atom is -0.353 e. The fourth-order valence-corrected chi connectivity index (χ4v) is 3.21. The lowest BCUT2D eigenvalue weighted by molar-refractivity contribution is -0.137. The van der Waals surface area contributed by atoms with Crippen LogP contribution in [0.5, 0.6) is 0 Å². The Hall–Kier alpha value is -3.06. The molecule has 1 N–H and O–H groups in total. The average molecular weight is 405 g/mol. The number of alkyl halides is 3. The van der Waals surface area contributed by atoms with E-state index < -0.39 is 11.7 Å². The third-order valence-corrected chi connectivity index (χ3v) is 4.68. The molecule has 3 heterocycles. The Bertz CT molecular complexity index is 948. The number of benzene rings is 1. The lowest BCUT2D eigenvalue weighted by atomic mass is 10.1. The van der Waals surface area contributed by atoms with Gasteiger partial charge in [0.15, 0.2) is 5.82 Å². The summed E-state index contributed by atoms with van der Waals surface area (Å²) < 4.78 is 41.0. The highest BCUT2D eigenvalue weighted by molar-refractivity contribution is 6.07. The molecule has 4 rings (SSSR count). The van der Waals surface area contributed by atoms with Gasteiger partial charge in [0.2, 0.25) is 0 Å². The summed E-state index contributed by atoms with van der Waals surface area (Å²) in [5, 5.41) is 14.9. The van der Waals surface area contributed by atoms with Crippen LogP contribution in [0.2, 0.25) is 0 Å². The topological polar surface area (TPSA) is 72.5 Å². The molecule has 154 valence electrons. The van der Waals surface area contributed by atoms with E-state index in [0.29, 0.717) is 17.3 Å². The number of hydrogen-bond acceptors (Lipinski definition) is 6. The van der Waals surface area contributed by atoms with Gasteiger partial charge in [0, 0.05) is 46.3 Å². The first kappa shape index (κ1) is 20.7. The van der Waals surface area contributed by atoms with Crippen LogP contribution in [0, 0.1) is 11.3 Å². The second-order valence-electron chi connectivity index (χ2n) is 6.87. The molecule has 7 nitrogen and oxygen atoms in total. The highest BCUT2D eigenvalue weighted by Gasteiger charge is 2.32. The van der Waals surface area contributed by atoms with E-state index in [1.165, 1.54) is 13.0 Å².